The van der Waals surface area contributed by atoms with Crippen molar-refractivity contribution in [3.05, 3.63) is 98.7 Å². The van der Waals surface area contributed by atoms with Gasteiger partial charge in [0, 0.05) is 15.7 Å². The summed E-state index contributed by atoms with van der Waals surface area (Å²) in [6.45, 7) is 2.42. The molecule has 0 unspecified atom stereocenters. The van der Waals surface area contributed by atoms with Gasteiger partial charge in [-0.3, -0.25) is 9.36 Å². The van der Waals surface area contributed by atoms with Gasteiger partial charge in [0.25, 0.3) is 5.91 Å². The Morgan fingerprint density at radius 3 is 2.56 bits per heavy atom. The minimum Gasteiger partial charge on any atom is -0.378 e. The molecule has 7 nitrogen and oxygen atoms in total. The van der Waals surface area contributed by atoms with Crippen LogP contribution in [0.5, 0.6) is 0 Å². The van der Waals surface area contributed by atoms with Gasteiger partial charge in [-0.25, -0.2) is 5.43 Å². The summed E-state index contributed by atoms with van der Waals surface area (Å²) < 4.78 is 1.82. The predicted molar refractivity (Wildman–Crippen MR) is 148 cm³/mol. The number of anilines is 1. The fraction of sp³-hybridized carbons (Fsp3) is 0.120. The molecule has 4 aromatic rings. The summed E-state index contributed by atoms with van der Waals surface area (Å²) in [4.78, 5) is 12.4. The second-order valence-corrected chi connectivity index (χ2v) is 9.91. The molecule has 0 radical (unpaired) electrons. The first-order chi connectivity index (χ1) is 17.4. The van der Waals surface area contributed by atoms with Gasteiger partial charge in [0.1, 0.15) is 0 Å². The highest BCUT2D eigenvalue weighted by molar-refractivity contribution is 7.99. The number of halogens is 3. The van der Waals surface area contributed by atoms with E-state index in [1.165, 1.54) is 11.8 Å². The average Bonchev–Trinajstić information content (AvgIpc) is 3.25. The average molecular weight is 560 g/mol. The Balaban J connectivity index is 1.48. The first-order valence-electron chi connectivity index (χ1n) is 10.8. The van der Waals surface area contributed by atoms with Crippen molar-refractivity contribution in [2.24, 2.45) is 5.10 Å². The van der Waals surface area contributed by atoms with Gasteiger partial charge < -0.3 is 5.32 Å². The summed E-state index contributed by atoms with van der Waals surface area (Å²) >= 11 is 19.7. The van der Waals surface area contributed by atoms with Crippen LogP contribution in [0.15, 0.2) is 77.0 Å². The molecule has 3 aromatic carbocycles. The zero-order valence-electron chi connectivity index (χ0n) is 19.1. The van der Waals surface area contributed by atoms with Gasteiger partial charge in [0.15, 0.2) is 11.0 Å². The molecule has 0 saturated carbocycles. The van der Waals surface area contributed by atoms with E-state index in [0.717, 1.165) is 16.8 Å². The van der Waals surface area contributed by atoms with E-state index < -0.39 is 0 Å². The van der Waals surface area contributed by atoms with E-state index in [1.54, 1.807) is 48.7 Å². The number of hydrogen-bond donors (Lipinski definition) is 2. The second kappa shape index (κ2) is 12.3. The summed E-state index contributed by atoms with van der Waals surface area (Å²) in [5, 5.41) is 18.1. The summed E-state index contributed by atoms with van der Waals surface area (Å²) in [7, 11) is 0. The molecule has 36 heavy (non-hydrogen) atoms. The standard InChI is InChI=1S/C25H21Cl3N6OS/c1-16-3-2-4-20(11-16)29-14-23-31-33-25(34(23)22-10-9-19(27)12-21(22)28)36-15-24(35)32-30-13-17-5-7-18(26)8-6-17/h2-13,29H,14-15H2,1H3,(H,32,35)/b30-13+. The minimum atomic E-state index is -0.290. The molecule has 1 aromatic heterocycles. The molecule has 184 valence electrons. The molecule has 1 amide bonds. The molecule has 0 bridgehead atoms. The van der Waals surface area contributed by atoms with Gasteiger partial charge in [-0.05, 0) is 60.5 Å². The number of hydrogen-bond acceptors (Lipinski definition) is 6. The topological polar surface area (TPSA) is 84.2 Å². The summed E-state index contributed by atoms with van der Waals surface area (Å²) in [5.41, 5.74) is 6.09. The van der Waals surface area contributed by atoms with Gasteiger partial charge in [0.2, 0.25) is 0 Å². The first kappa shape index (κ1) is 26.0. The monoisotopic (exact) mass is 558 g/mol. The number of aromatic nitrogens is 3. The van der Waals surface area contributed by atoms with Gasteiger partial charge in [-0.1, -0.05) is 70.8 Å². The maximum absolute atomic E-state index is 12.4. The van der Waals surface area contributed by atoms with Gasteiger partial charge in [-0.15, -0.1) is 10.2 Å². The fourth-order valence-electron chi connectivity index (χ4n) is 3.24. The highest BCUT2D eigenvalue weighted by Crippen LogP contribution is 2.29. The predicted octanol–water partition coefficient (Wildman–Crippen LogP) is 6.39. The maximum Gasteiger partial charge on any atom is 0.250 e. The lowest BCUT2D eigenvalue weighted by atomic mass is 10.2. The highest BCUT2D eigenvalue weighted by Gasteiger charge is 2.18. The van der Waals surface area contributed by atoms with E-state index >= 15 is 0 Å². The number of nitrogens with zero attached hydrogens (tertiary/aromatic N) is 4. The van der Waals surface area contributed by atoms with Crippen molar-refractivity contribution in [2.75, 3.05) is 11.1 Å². The molecule has 0 aliphatic rings. The lowest BCUT2D eigenvalue weighted by molar-refractivity contribution is -0.118. The third-order valence-corrected chi connectivity index (χ3v) is 6.64. The van der Waals surface area contributed by atoms with Gasteiger partial charge in [-0.2, -0.15) is 5.10 Å². The number of nitrogens with one attached hydrogen (secondary N) is 2. The molecule has 4 rings (SSSR count). The molecule has 0 saturated heterocycles. The molecule has 11 heteroatoms. The zero-order chi connectivity index (χ0) is 25.5. The van der Waals surface area contributed by atoms with Crippen LogP contribution in [0.1, 0.15) is 17.0 Å². The Morgan fingerprint density at radius 2 is 1.81 bits per heavy atom. The smallest absolute Gasteiger partial charge is 0.250 e. The van der Waals surface area contributed by atoms with Gasteiger partial charge in [0.05, 0.1) is 29.2 Å². The molecule has 0 atom stereocenters. The number of rotatable bonds is 9. The van der Waals surface area contributed by atoms with Crippen LogP contribution >= 0.6 is 46.6 Å². The molecule has 0 aliphatic carbocycles. The van der Waals surface area contributed by atoms with Crippen LogP contribution in [0, 0.1) is 6.92 Å². The largest absolute Gasteiger partial charge is 0.378 e. The van der Waals surface area contributed by atoms with Crippen molar-refractivity contribution in [3.8, 4) is 5.69 Å². The molecule has 0 aliphatic heterocycles. The van der Waals surface area contributed by atoms with Gasteiger partial charge >= 0.3 is 0 Å². The van der Waals surface area contributed by atoms with E-state index in [-0.39, 0.29) is 11.7 Å². The summed E-state index contributed by atoms with van der Waals surface area (Å²) in [6, 6.07) is 20.3. The number of aryl methyl sites for hydroxylation is 1. The SMILES string of the molecule is Cc1cccc(NCc2nnc(SCC(=O)N/N=C/c3ccc(Cl)cc3)n2-c2ccc(Cl)cc2Cl)c1. The first-order valence-corrected chi connectivity index (χ1v) is 12.9. The Kier molecular flexibility index (Phi) is 8.88. The Bertz CT molecular complexity index is 1390. The molecular formula is C25H21Cl3N6OS. The van der Waals surface area contributed by atoms with Crippen molar-refractivity contribution in [1.29, 1.82) is 0 Å². The number of amides is 1. The third-order valence-electron chi connectivity index (χ3n) is 4.92. The van der Waals surface area contributed by atoms with E-state index in [9.17, 15) is 4.79 Å². The fourth-order valence-corrected chi connectivity index (χ4v) is 4.61. The maximum atomic E-state index is 12.4. The minimum absolute atomic E-state index is 0.0760. The number of carbonyl (C=O) groups excluding carboxylic acids is 1. The van der Waals surface area contributed by atoms with Crippen molar-refractivity contribution in [2.45, 2.75) is 18.6 Å². The lowest BCUT2D eigenvalue weighted by Gasteiger charge is -2.13. The number of benzene rings is 3. The van der Waals surface area contributed by atoms with Crippen molar-refractivity contribution < 1.29 is 4.79 Å². The molecule has 1 heterocycles. The lowest BCUT2D eigenvalue weighted by Crippen LogP contribution is -2.20. The summed E-state index contributed by atoms with van der Waals surface area (Å²) in [6.07, 6.45) is 1.55. The third kappa shape index (κ3) is 7.01. The van der Waals surface area contributed by atoms with Crippen LogP contribution < -0.4 is 10.7 Å². The number of hydrazone groups is 1. The molecular weight excluding hydrogens is 539 g/mol. The van der Waals surface area contributed by atoms with Crippen molar-refractivity contribution >= 4 is 64.4 Å². The highest BCUT2D eigenvalue weighted by atomic mass is 35.5. The Hall–Kier alpha value is -3.04. The normalized spacial score (nSPS) is 11.1. The number of thioether (sulfide) groups is 1. The van der Waals surface area contributed by atoms with E-state index in [1.807, 2.05) is 35.8 Å². The van der Waals surface area contributed by atoms with Crippen molar-refractivity contribution in [3.63, 3.8) is 0 Å². The zero-order valence-corrected chi connectivity index (χ0v) is 22.2. The molecule has 2 N–H and O–H groups in total. The quantitative estimate of drug-likeness (QED) is 0.141. The van der Waals surface area contributed by atoms with Crippen LogP contribution in [0.3, 0.4) is 0 Å². The van der Waals surface area contributed by atoms with Crippen LogP contribution in [-0.2, 0) is 11.3 Å². The summed E-state index contributed by atoms with van der Waals surface area (Å²) in [5.74, 6) is 0.415. The van der Waals surface area contributed by atoms with E-state index in [4.69, 9.17) is 34.8 Å². The second-order valence-electron chi connectivity index (χ2n) is 7.69. The van der Waals surface area contributed by atoms with Crippen LogP contribution in [-0.4, -0.2) is 32.6 Å². The number of carbonyl (C=O) groups is 1. The van der Waals surface area contributed by atoms with E-state index in [2.05, 4.69) is 26.0 Å². The van der Waals surface area contributed by atoms with E-state index in [0.29, 0.717) is 38.3 Å². The molecule has 0 fully saturated rings. The van der Waals surface area contributed by atoms with Crippen LogP contribution in [0.2, 0.25) is 15.1 Å². The Morgan fingerprint density at radius 1 is 1.03 bits per heavy atom. The Labute approximate surface area is 227 Å². The molecule has 0 spiro atoms. The van der Waals surface area contributed by atoms with Crippen LogP contribution in [0.25, 0.3) is 5.69 Å². The van der Waals surface area contributed by atoms with Crippen LogP contribution in [0.4, 0.5) is 5.69 Å². The van der Waals surface area contributed by atoms with Crippen molar-refractivity contribution in [1.82, 2.24) is 20.2 Å².